The molecule has 3 rings (SSSR count). The first-order valence-electron chi connectivity index (χ1n) is 9.91. The minimum Gasteiger partial charge on any atom is -0.376 e. The van der Waals surface area contributed by atoms with Crippen LogP contribution in [0, 0.1) is 0 Å². The zero-order chi connectivity index (χ0) is 18.9. The number of carbonyl (C=O) groups is 1. The molecular weight excluding hydrogens is 338 g/mol. The number of carbonyl (C=O) groups excluding carboxylic acids is 1. The number of nitrogens with one attached hydrogen (secondary N) is 1. The number of rotatable bonds is 7. The number of anilines is 1. The third kappa shape index (κ3) is 6.07. The van der Waals surface area contributed by atoms with Crippen molar-refractivity contribution in [1.82, 2.24) is 9.88 Å². The van der Waals surface area contributed by atoms with E-state index >= 15 is 0 Å². The fourth-order valence-electron chi connectivity index (χ4n) is 3.32. The van der Waals surface area contributed by atoms with Gasteiger partial charge < -0.3 is 15.0 Å². The number of aryl methyl sites for hydroxylation is 2. The van der Waals surface area contributed by atoms with Crippen LogP contribution in [0.2, 0.25) is 0 Å². The second-order valence-electron chi connectivity index (χ2n) is 7.03. The normalized spacial score (nSPS) is 16.9. The van der Waals surface area contributed by atoms with Gasteiger partial charge in [-0.1, -0.05) is 25.1 Å². The van der Waals surface area contributed by atoms with Gasteiger partial charge in [0, 0.05) is 37.3 Å². The number of hydrogen-bond acceptors (Lipinski definition) is 3. The van der Waals surface area contributed by atoms with Crippen molar-refractivity contribution in [3.05, 3.63) is 59.9 Å². The first-order chi connectivity index (χ1) is 13.2. The summed E-state index contributed by atoms with van der Waals surface area (Å²) >= 11 is 0. The van der Waals surface area contributed by atoms with Crippen molar-refractivity contribution in [3.8, 4) is 0 Å². The second-order valence-corrected chi connectivity index (χ2v) is 7.03. The molecule has 1 N–H and O–H groups in total. The SMILES string of the molecule is CCCO[C@@H]1CCCN(C(=O)Nc2ccc(CCc3ccccn3)cc2)C1. The maximum absolute atomic E-state index is 12.5. The van der Waals surface area contributed by atoms with Crippen molar-refractivity contribution in [2.75, 3.05) is 25.0 Å². The molecule has 144 valence electrons. The van der Waals surface area contributed by atoms with Crippen LogP contribution in [0.15, 0.2) is 48.7 Å². The van der Waals surface area contributed by atoms with Crippen LogP contribution < -0.4 is 5.32 Å². The number of piperidine rings is 1. The van der Waals surface area contributed by atoms with Crippen molar-refractivity contribution in [1.29, 1.82) is 0 Å². The lowest BCUT2D eigenvalue weighted by Crippen LogP contribution is -2.45. The Morgan fingerprint density at radius 1 is 1.22 bits per heavy atom. The van der Waals surface area contributed by atoms with Crippen molar-refractivity contribution in [3.63, 3.8) is 0 Å². The Morgan fingerprint density at radius 2 is 2.07 bits per heavy atom. The maximum atomic E-state index is 12.5. The Balaban J connectivity index is 1.48. The van der Waals surface area contributed by atoms with Gasteiger partial charge in [-0.3, -0.25) is 4.98 Å². The number of hydrogen-bond donors (Lipinski definition) is 1. The lowest BCUT2D eigenvalue weighted by Gasteiger charge is -2.32. The fraction of sp³-hybridized carbons (Fsp3) is 0.455. The third-order valence-corrected chi connectivity index (χ3v) is 4.82. The Morgan fingerprint density at radius 3 is 2.81 bits per heavy atom. The smallest absolute Gasteiger partial charge is 0.321 e. The van der Waals surface area contributed by atoms with Crippen LogP contribution in [-0.2, 0) is 17.6 Å². The number of nitrogens with zero attached hydrogens (tertiary/aromatic N) is 2. The predicted octanol–water partition coefficient (Wildman–Crippen LogP) is 4.29. The second kappa shape index (κ2) is 10.1. The van der Waals surface area contributed by atoms with Crippen LogP contribution in [-0.4, -0.2) is 41.7 Å². The number of likely N-dealkylation sites (tertiary alicyclic amines) is 1. The molecule has 1 fully saturated rings. The van der Waals surface area contributed by atoms with Gasteiger partial charge in [0.15, 0.2) is 0 Å². The number of pyridine rings is 1. The van der Waals surface area contributed by atoms with Crippen LogP contribution in [0.25, 0.3) is 0 Å². The number of amides is 2. The van der Waals surface area contributed by atoms with Crippen molar-refractivity contribution >= 4 is 11.7 Å². The van der Waals surface area contributed by atoms with Gasteiger partial charge >= 0.3 is 6.03 Å². The van der Waals surface area contributed by atoms with Crippen LogP contribution in [0.3, 0.4) is 0 Å². The molecule has 1 aliphatic rings. The summed E-state index contributed by atoms with van der Waals surface area (Å²) in [6.45, 7) is 4.33. The maximum Gasteiger partial charge on any atom is 0.321 e. The van der Waals surface area contributed by atoms with E-state index in [1.54, 1.807) is 0 Å². The summed E-state index contributed by atoms with van der Waals surface area (Å²) < 4.78 is 5.82. The number of urea groups is 1. The molecule has 27 heavy (non-hydrogen) atoms. The molecule has 5 nitrogen and oxygen atoms in total. The molecule has 1 aromatic heterocycles. The van der Waals surface area contributed by atoms with Crippen LogP contribution >= 0.6 is 0 Å². The van der Waals surface area contributed by atoms with Crippen molar-refractivity contribution in [2.45, 2.75) is 45.1 Å². The molecule has 1 aromatic carbocycles. The Bertz CT molecular complexity index is 703. The molecule has 2 aromatic rings. The van der Waals surface area contributed by atoms with Gasteiger partial charge in [0.25, 0.3) is 0 Å². The lowest BCUT2D eigenvalue weighted by molar-refractivity contribution is 0.0115. The standard InChI is InChI=1S/C22H29N3O2/c1-2-16-27-21-7-5-15-25(17-21)22(26)24-20-12-9-18(10-13-20)8-11-19-6-3-4-14-23-19/h3-4,6,9-10,12-14,21H,2,5,7-8,11,15-17H2,1H3,(H,24,26)/t21-/m1/s1. The Kier molecular flexibility index (Phi) is 7.22. The summed E-state index contributed by atoms with van der Waals surface area (Å²) in [4.78, 5) is 18.7. The molecule has 0 bridgehead atoms. The van der Waals surface area contributed by atoms with Gasteiger partial charge in [0.1, 0.15) is 0 Å². The quantitative estimate of drug-likeness (QED) is 0.794. The average Bonchev–Trinajstić information content (AvgIpc) is 2.72. The lowest BCUT2D eigenvalue weighted by atomic mass is 10.1. The molecule has 0 spiro atoms. The van der Waals surface area contributed by atoms with Gasteiger partial charge in [-0.25, -0.2) is 4.79 Å². The Labute approximate surface area is 161 Å². The van der Waals surface area contributed by atoms with Gasteiger partial charge in [-0.2, -0.15) is 0 Å². The molecule has 1 aliphatic heterocycles. The molecule has 2 heterocycles. The first kappa shape index (κ1) is 19.4. The van der Waals surface area contributed by atoms with E-state index in [4.69, 9.17) is 4.74 Å². The molecule has 0 radical (unpaired) electrons. The minimum absolute atomic E-state index is 0.0407. The average molecular weight is 367 g/mol. The van der Waals surface area contributed by atoms with E-state index in [0.29, 0.717) is 6.54 Å². The molecule has 1 saturated heterocycles. The van der Waals surface area contributed by atoms with Crippen molar-refractivity contribution < 1.29 is 9.53 Å². The molecule has 5 heteroatoms. The third-order valence-electron chi connectivity index (χ3n) is 4.82. The monoisotopic (exact) mass is 367 g/mol. The highest BCUT2D eigenvalue weighted by atomic mass is 16.5. The zero-order valence-electron chi connectivity index (χ0n) is 16.1. The van der Waals surface area contributed by atoms with Crippen molar-refractivity contribution in [2.24, 2.45) is 0 Å². The summed E-state index contributed by atoms with van der Waals surface area (Å²) in [5.74, 6) is 0. The predicted molar refractivity (Wildman–Crippen MR) is 108 cm³/mol. The summed E-state index contributed by atoms with van der Waals surface area (Å²) in [6, 6.07) is 14.0. The minimum atomic E-state index is -0.0407. The van der Waals surface area contributed by atoms with Gasteiger partial charge in [-0.05, 0) is 61.9 Å². The zero-order valence-corrected chi connectivity index (χ0v) is 16.1. The topological polar surface area (TPSA) is 54.5 Å². The van der Waals surface area contributed by atoms with Gasteiger partial charge in [0.05, 0.1) is 6.10 Å². The van der Waals surface area contributed by atoms with E-state index in [9.17, 15) is 4.79 Å². The number of aromatic nitrogens is 1. The fourth-order valence-corrected chi connectivity index (χ4v) is 3.32. The van der Waals surface area contributed by atoms with E-state index in [1.807, 2.05) is 41.4 Å². The molecule has 0 unspecified atom stereocenters. The van der Waals surface area contributed by atoms with Crippen LogP contribution in [0.4, 0.5) is 10.5 Å². The molecule has 1 atom stereocenters. The first-order valence-corrected chi connectivity index (χ1v) is 9.91. The summed E-state index contributed by atoms with van der Waals surface area (Å²) in [6.07, 6.45) is 6.89. The summed E-state index contributed by atoms with van der Waals surface area (Å²) in [7, 11) is 0. The Hall–Kier alpha value is -2.40. The van der Waals surface area contributed by atoms with E-state index < -0.39 is 0 Å². The number of ether oxygens (including phenoxy) is 1. The highest BCUT2D eigenvalue weighted by Gasteiger charge is 2.24. The largest absolute Gasteiger partial charge is 0.376 e. The van der Waals surface area contributed by atoms with Gasteiger partial charge in [0.2, 0.25) is 0 Å². The molecule has 0 aliphatic carbocycles. The molecule has 2 amide bonds. The van der Waals surface area contributed by atoms with E-state index in [-0.39, 0.29) is 12.1 Å². The van der Waals surface area contributed by atoms with Crippen LogP contribution in [0.5, 0.6) is 0 Å². The van der Waals surface area contributed by atoms with Crippen LogP contribution in [0.1, 0.15) is 37.4 Å². The van der Waals surface area contributed by atoms with E-state index in [1.165, 1.54) is 5.56 Å². The van der Waals surface area contributed by atoms with E-state index in [0.717, 1.165) is 56.6 Å². The number of benzene rings is 1. The molecule has 0 saturated carbocycles. The highest BCUT2D eigenvalue weighted by molar-refractivity contribution is 5.89. The van der Waals surface area contributed by atoms with E-state index in [2.05, 4.69) is 29.4 Å². The summed E-state index contributed by atoms with van der Waals surface area (Å²) in [5.41, 5.74) is 3.17. The highest BCUT2D eigenvalue weighted by Crippen LogP contribution is 2.16. The molecular formula is C22H29N3O2. The summed E-state index contributed by atoms with van der Waals surface area (Å²) in [5, 5.41) is 3.01. The van der Waals surface area contributed by atoms with Gasteiger partial charge in [-0.15, -0.1) is 0 Å².